The number of likely N-dealkylation sites (tertiary alicyclic amines) is 1. The Kier molecular flexibility index (Phi) is 37.8. The topological polar surface area (TPSA) is 442 Å². The summed E-state index contributed by atoms with van der Waals surface area (Å²) < 4.78 is 5.96. The van der Waals surface area contributed by atoms with Crippen LogP contribution in [0.1, 0.15) is 195 Å². The van der Waals surface area contributed by atoms with E-state index in [0.717, 1.165) is 6.42 Å². The molecule has 0 aliphatic carbocycles. The Hall–Kier alpha value is -8.54. The van der Waals surface area contributed by atoms with Crippen LogP contribution < -0.4 is 69.5 Å². The number of hydrogen-bond acceptors (Lipinski definition) is 17. The summed E-state index contributed by atoms with van der Waals surface area (Å²) in [5.41, 5.74) is 6.34. The van der Waals surface area contributed by atoms with Crippen LogP contribution in [0, 0.1) is 47.3 Å². The van der Waals surface area contributed by atoms with Crippen LogP contribution in [0.3, 0.4) is 0 Å². The van der Waals surface area contributed by atoms with Crippen molar-refractivity contribution in [2.45, 2.75) is 280 Å². The number of allylic oxidation sites excluding steroid dienone is 1. The maximum Gasteiger partial charge on any atom is 0.329 e. The SMILES string of the molecule is C/C=C1\NC(=O)[C@H](Cc2ccccc2)NC(=O)[C@@H](C(C)C)NC(=O)[C@@H](C(C)CC)NC(=O)[C@H](NC(=O)[C@H](NC(=O)[C@H](CCCN)NC(=O)[C@H]2CCCN2C(=O)[C@@H](NC(=O)[C@H](NC(=O)[C@@H](NC(=O)[C@H](NC(=O)CCCC(C)C)C(C)C)C(C)O)C(C)C)C(C)C)C(C)CC)C(C)OC(=O)[C@H](C(C)C)NC1=O. The van der Waals surface area contributed by atoms with E-state index in [9.17, 15) is 62.6 Å². The van der Waals surface area contributed by atoms with Crippen LogP contribution in [0.5, 0.6) is 0 Å². The average molecular weight is 1480 g/mol. The number of carbonyl (C=O) groups excluding carboxylic acids is 14. The Labute approximate surface area is 620 Å². The van der Waals surface area contributed by atoms with Gasteiger partial charge < -0.3 is 84.3 Å². The molecule has 30 nitrogen and oxygen atoms in total. The van der Waals surface area contributed by atoms with Gasteiger partial charge in [-0.05, 0) is 112 Å². The molecular formula is C75H124N14O16. The quantitative estimate of drug-likeness (QED) is 0.0353. The minimum absolute atomic E-state index is 0.0355. The summed E-state index contributed by atoms with van der Waals surface area (Å²) in [6, 6.07) is -7.67. The number of aliphatic hydroxyl groups excluding tert-OH is 1. The molecule has 1 aromatic rings. The number of benzene rings is 1. The van der Waals surface area contributed by atoms with Gasteiger partial charge in [0.1, 0.15) is 84.3 Å². The first-order valence-electron chi connectivity index (χ1n) is 37.5. The number of carbonyl (C=O) groups is 14. The van der Waals surface area contributed by atoms with Crippen LogP contribution >= 0.6 is 0 Å². The molecule has 0 spiro atoms. The third-order valence-corrected chi connectivity index (χ3v) is 19.3. The standard InChI is InChI=1S/C75H124N14O16/c1-20-44(16)59(71(100)88-62-47(19)105-75(104)58(43(14)15)84-63(92)49(22-3)77-65(94)51(37-48-30-24-23-25-31-48)79-67(96)55(40(8)9)81-70(99)60(45(17)21-2)86-73(62)102)85-64(93)50(32-27-35-76)78-66(95)52-33-28-36-89(52)74(103)57(42(12)13)83-69(98)56(41(10)11)82-72(101)61(46(18)90)87-68(97)54(39(6)7)80-53(91)34-26-29-38(4)5/h22-25,30-31,38-47,50-52,54-62,90H,20-21,26-29,32-37,76H2,1-19H3,(H,77,94)(H,78,95)(H,79,96)(H,80,91)(H,81,99)(H,82,101)(H,83,98)(H,84,92)(H,85,93)(H,86,102)(H,87,97)(H,88,100)/b49-22-/t44?,45?,46?,47?,50-,51-,52+,54+,55+,56+,57-,58-,59+,60+,61-,62+/m0/s1. The number of ether oxygens (including phenoxy) is 1. The maximum absolute atomic E-state index is 15.0. The summed E-state index contributed by atoms with van der Waals surface area (Å²) in [4.78, 5) is 202. The molecule has 105 heavy (non-hydrogen) atoms. The van der Waals surface area contributed by atoms with Crippen LogP contribution in [0.25, 0.3) is 0 Å². The molecule has 4 unspecified atom stereocenters. The minimum atomic E-state index is -1.83. The van der Waals surface area contributed by atoms with Gasteiger partial charge in [0.05, 0.1) is 6.10 Å². The van der Waals surface area contributed by atoms with Crippen molar-refractivity contribution in [1.82, 2.24) is 68.7 Å². The van der Waals surface area contributed by atoms with E-state index in [4.69, 9.17) is 10.5 Å². The summed E-state index contributed by atoms with van der Waals surface area (Å²) in [5, 5.41) is 43.2. The highest BCUT2D eigenvalue weighted by Crippen LogP contribution is 2.23. The fourth-order valence-corrected chi connectivity index (χ4v) is 12.1. The molecule has 15 N–H and O–H groups in total. The predicted octanol–water partition coefficient (Wildman–Crippen LogP) is 1.84. The lowest BCUT2D eigenvalue weighted by atomic mass is 9.95. The number of amides is 13. The van der Waals surface area contributed by atoms with Crippen LogP contribution in [0.15, 0.2) is 42.1 Å². The Bertz CT molecular complexity index is 3160. The van der Waals surface area contributed by atoms with Gasteiger partial charge in [0.25, 0.3) is 5.91 Å². The van der Waals surface area contributed by atoms with Gasteiger partial charge in [-0.2, -0.15) is 0 Å². The monoisotopic (exact) mass is 1480 g/mol. The van der Waals surface area contributed by atoms with E-state index in [2.05, 4.69) is 63.8 Å². The van der Waals surface area contributed by atoms with Gasteiger partial charge in [-0.3, -0.25) is 62.3 Å². The van der Waals surface area contributed by atoms with E-state index in [-0.39, 0.29) is 63.2 Å². The van der Waals surface area contributed by atoms with Crippen molar-refractivity contribution >= 4 is 82.8 Å². The van der Waals surface area contributed by atoms with Crippen molar-refractivity contribution in [2.75, 3.05) is 13.1 Å². The molecule has 16 atom stereocenters. The fraction of sp³-hybridized carbons (Fsp3) is 0.707. The van der Waals surface area contributed by atoms with Crippen LogP contribution in [0.4, 0.5) is 0 Å². The largest absolute Gasteiger partial charge is 0.458 e. The zero-order chi connectivity index (χ0) is 79.4. The van der Waals surface area contributed by atoms with Gasteiger partial charge in [-0.1, -0.05) is 166 Å². The van der Waals surface area contributed by atoms with Crippen molar-refractivity contribution in [3.05, 3.63) is 47.7 Å². The second-order valence-electron chi connectivity index (χ2n) is 30.2. The van der Waals surface area contributed by atoms with Gasteiger partial charge in [0.2, 0.25) is 70.9 Å². The normalized spacial score (nSPS) is 22.6. The molecule has 30 heteroatoms. The molecule has 2 aliphatic heterocycles. The minimum Gasteiger partial charge on any atom is -0.458 e. The molecule has 0 radical (unpaired) electrons. The number of esters is 1. The highest BCUT2D eigenvalue weighted by molar-refractivity contribution is 6.03. The molecule has 590 valence electrons. The molecule has 13 amide bonds. The number of nitrogens with two attached hydrogens (primary N) is 1. The maximum atomic E-state index is 15.0. The molecule has 1 aromatic carbocycles. The van der Waals surface area contributed by atoms with E-state index in [0.29, 0.717) is 30.7 Å². The highest BCUT2D eigenvalue weighted by Gasteiger charge is 2.44. The van der Waals surface area contributed by atoms with Gasteiger partial charge in [0.15, 0.2) is 0 Å². The van der Waals surface area contributed by atoms with Crippen LogP contribution in [-0.2, 0) is 78.3 Å². The number of cyclic esters (lactones) is 1. The number of nitrogens with zero attached hydrogens (tertiary/aromatic N) is 1. The van der Waals surface area contributed by atoms with E-state index in [1.807, 2.05) is 13.8 Å². The summed E-state index contributed by atoms with van der Waals surface area (Å²) >= 11 is 0. The van der Waals surface area contributed by atoms with E-state index in [1.165, 1.54) is 31.7 Å². The van der Waals surface area contributed by atoms with Gasteiger partial charge >= 0.3 is 5.97 Å². The van der Waals surface area contributed by atoms with E-state index < -0.39 is 203 Å². The second-order valence-corrected chi connectivity index (χ2v) is 30.2. The van der Waals surface area contributed by atoms with Gasteiger partial charge in [-0.15, -0.1) is 0 Å². The summed E-state index contributed by atoms with van der Waals surface area (Å²) in [7, 11) is 0. The number of aliphatic hydroxyl groups is 1. The smallest absolute Gasteiger partial charge is 0.329 e. The van der Waals surface area contributed by atoms with Crippen LogP contribution in [-0.4, -0.2) is 191 Å². The highest BCUT2D eigenvalue weighted by atomic mass is 16.5. The number of nitrogens with one attached hydrogen (secondary N) is 12. The number of rotatable bonds is 33. The second kappa shape index (κ2) is 43.8. The predicted molar refractivity (Wildman–Crippen MR) is 395 cm³/mol. The molecule has 2 aliphatic rings. The van der Waals surface area contributed by atoms with E-state index in [1.54, 1.807) is 127 Å². The van der Waals surface area contributed by atoms with Crippen molar-refractivity contribution in [1.29, 1.82) is 0 Å². The molecule has 0 aromatic heterocycles. The lowest BCUT2D eigenvalue weighted by Gasteiger charge is -2.33. The zero-order valence-corrected chi connectivity index (χ0v) is 65.2. The first-order valence-corrected chi connectivity index (χ1v) is 37.5. The van der Waals surface area contributed by atoms with Crippen molar-refractivity contribution in [3.63, 3.8) is 0 Å². The Morgan fingerprint density at radius 1 is 0.610 bits per heavy atom. The molecule has 0 saturated carbocycles. The van der Waals surface area contributed by atoms with Crippen molar-refractivity contribution < 1.29 is 77.0 Å². The number of hydrogen-bond donors (Lipinski definition) is 14. The summed E-state index contributed by atoms with van der Waals surface area (Å²) in [6.45, 7) is 31.8. The first-order chi connectivity index (χ1) is 49.2. The van der Waals surface area contributed by atoms with Gasteiger partial charge in [-0.25, -0.2) is 4.79 Å². The Morgan fingerprint density at radius 3 is 1.69 bits per heavy atom. The molecule has 3 rings (SSSR count). The molecule has 0 bridgehead atoms. The first kappa shape index (κ1) is 90.7. The fourth-order valence-electron chi connectivity index (χ4n) is 12.1. The molecule has 2 fully saturated rings. The third-order valence-electron chi connectivity index (χ3n) is 19.3. The third kappa shape index (κ3) is 27.7. The lowest BCUT2D eigenvalue weighted by Crippen LogP contribution is -2.64. The average Bonchev–Trinajstić information content (AvgIpc) is 1.79. The zero-order valence-electron chi connectivity index (χ0n) is 65.2. The Balaban J connectivity index is 2.00. The molecular weight excluding hydrogens is 1350 g/mol. The van der Waals surface area contributed by atoms with Crippen LogP contribution in [0.2, 0.25) is 0 Å². The summed E-state index contributed by atoms with van der Waals surface area (Å²) in [5.74, 6) is -15.1. The lowest BCUT2D eigenvalue weighted by molar-refractivity contribution is -0.157. The van der Waals surface area contributed by atoms with Gasteiger partial charge in [0, 0.05) is 19.4 Å². The van der Waals surface area contributed by atoms with E-state index >= 15 is 9.59 Å². The van der Waals surface area contributed by atoms with Crippen molar-refractivity contribution in [3.8, 4) is 0 Å². The molecule has 2 saturated heterocycles. The Morgan fingerprint density at radius 2 is 1.15 bits per heavy atom. The molecule has 2 heterocycles. The summed E-state index contributed by atoms with van der Waals surface area (Å²) in [6.07, 6.45) is 1.02. The van der Waals surface area contributed by atoms with Crippen molar-refractivity contribution in [2.24, 2.45) is 53.1 Å².